The average Bonchev–Trinajstić information content (AvgIpc) is 2.57. The van der Waals surface area contributed by atoms with Gasteiger partial charge in [-0.05, 0) is 36.2 Å². The van der Waals surface area contributed by atoms with Crippen LogP contribution in [0.15, 0.2) is 40.9 Å². The van der Waals surface area contributed by atoms with Crippen molar-refractivity contribution in [3.05, 3.63) is 63.9 Å². The van der Waals surface area contributed by atoms with Gasteiger partial charge in [0.05, 0.1) is 12.2 Å². The molecule has 7 heteroatoms. The first-order chi connectivity index (χ1) is 11.4. The van der Waals surface area contributed by atoms with Gasteiger partial charge >= 0.3 is 0 Å². The highest BCUT2D eigenvalue weighted by Gasteiger charge is 2.16. The van der Waals surface area contributed by atoms with E-state index in [-0.39, 0.29) is 12.6 Å². The van der Waals surface area contributed by atoms with Crippen LogP contribution < -0.4 is 10.6 Å². The molecule has 2 rings (SSSR count). The number of rotatable bonds is 6. The van der Waals surface area contributed by atoms with Gasteiger partial charge in [-0.3, -0.25) is 4.79 Å². The predicted molar refractivity (Wildman–Crippen MR) is 90.1 cm³/mol. The van der Waals surface area contributed by atoms with E-state index < -0.39 is 29.0 Å². The van der Waals surface area contributed by atoms with Crippen molar-refractivity contribution in [2.75, 3.05) is 11.9 Å². The monoisotopic (exact) mass is 400 g/mol. The third-order valence-electron chi connectivity index (χ3n) is 3.50. The Kier molecular flexibility index (Phi) is 6.39. The van der Waals surface area contributed by atoms with Crippen molar-refractivity contribution in [3.8, 4) is 0 Å². The van der Waals surface area contributed by atoms with E-state index in [0.29, 0.717) is 0 Å². The van der Waals surface area contributed by atoms with Gasteiger partial charge in [0.25, 0.3) is 0 Å². The summed E-state index contributed by atoms with van der Waals surface area (Å²) in [5.41, 5.74) is 0.616. The molecule has 0 spiro atoms. The second-order valence-corrected chi connectivity index (χ2v) is 6.08. The van der Waals surface area contributed by atoms with Crippen LogP contribution in [0.5, 0.6) is 0 Å². The largest absolute Gasteiger partial charge is 0.322 e. The minimum Gasteiger partial charge on any atom is -0.322 e. The molecule has 128 valence electrons. The van der Waals surface area contributed by atoms with Gasteiger partial charge < -0.3 is 10.6 Å². The minimum atomic E-state index is -1.61. The molecule has 0 aliphatic carbocycles. The first kappa shape index (κ1) is 18.5. The van der Waals surface area contributed by atoms with E-state index in [1.165, 1.54) is 0 Å². The molecule has 0 aromatic heterocycles. The highest BCUT2D eigenvalue weighted by Crippen LogP contribution is 2.21. The molecule has 3 nitrogen and oxygen atoms in total. The molecule has 0 radical (unpaired) electrons. The lowest BCUT2D eigenvalue weighted by atomic mass is 10.0. The lowest BCUT2D eigenvalue weighted by Gasteiger charge is -2.17. The Morgan fingerprint density at radius 1 is 1.08 bits per heavy atom. The Balaban J connectivity index is 1.97. The standard InChI is InChI=1S/C17H16BrF3N2O/c1-2-13(10-3-5-11(18)6-4-10)22-9-15(24)23-14-8-7-12(19)16(20)17(14)21/h3-8,13,22H,2,9H2,1H3,(H,23,24)/t13-/m0/s1. The zero-order chi connectivity index (χ0) is 17.7. The Morgan fingerprint density at radius 2 is 1.75 bits per heavy atom. The van der Waals surface area contributed by atoms with Gasteiger partial charge in [0, 0.05) is 10.5 Å². The summed E-state index contributed by atoms with van der Waals surface area (Å²) in [7, 11) is 0. The van der Waals surface area contributed by atoms with Crippen molar-refractivity contribution in [1.82, 2.24) is 5.32 Å². The minimum absolute atomic E-state index is 0.0568. The SMILES string of the molecule is CC[C@H](NCC(=O)Nc1ccc(F)c(F)c1F)c1ccc(Br)cc1. The van der Waals surface area contributed by atoms with Gasteiger partial charge in [0.2, 0.25) is 5.91 Å². The van der Waals surface area contributed by atoms with E-state index in [1.54, 1.807) is 0 Å². The van der Waals surface area contributed by atoms with Crippen LogP contribution in [0, 0.1) is 17.5 Å². The summed E-state index contributed by atoms with van der Waals surface area (Å²) in [6.45, 7) is 1.87. The highest BCUT2D eigenvalue weighted by atomic mass is 79.9. The number of nitrogens with one attached hydrogen (secondary N) is 2. The molecule has 0 aliphatic heterocycles. The van der Waals surface area contributed by atoms with Crippen LogP contribution in [0.2, 0.25) is 0 Å². The Hall–Kier alpha value is -1.86. The molecule has 2 aromatic carbocycles. The fourth-order valence-corrected chi connectivity index (χ4v) is 2.49. The first-order valence-electron chi connectivity index (χ1n) is 7.34. The predicted octanol–water partition coefficient (Wildman–Crippen LogP) is 4.55. The number of benzene rings is 2. The number of carbonyl (C=O) groups is 1. The van der Waals surface area contributed by atoms with Gasteiger partial charge in [-0.1, -0.05) is 35.0 Å². The molecule has 0 aliphatic rings. The number of anilines is 1. The summed E-state index contributed by atoms with van der Waals surface area (Å²) < 4.78 is 40.5. The van der Waals surface area contributed by atoms with E-state index in [0.717, 1.165) is 28.6 Å². The quantitative estimate of drug-likeness (QED) is 0.698. The molecular weight excluding hydrogens is 385 g/mol. The number of hydrogen-bond acceptors (Lipinski definition) is 2. The van der Waals surface area contributed by atoms with Crippen molar-refractivity contribution in [2.45, 2.75) is 19.4 Å². The van der Waals surface area contributed by atoms with E-state index in [4.69, 9.17) is 0 Å². The topological polar surface area (TPSA) is 41.1 Å². The number of carbonyl (C=O) groups excluding carboxylic acids is 1. The van der Waals surface area contributed by atoms with Gasteiger partial charge in [-0.15, -0.1) is 0 Å². The summed E-state index contributed by atoms with van der Waals surface area (Å²) in [4.78, 5) is 11.9. The number of hydrogen-bond donors (Lipinski definition) is 2. The second kappa shape index (κ2) is 8.30. The fraction of sp³-hybridized carbons (Fsp3) is 0.235. The average molecular weight is 401 g/mol. The molecule has 2 aromatic rings. The molecule has 24 heavy (non-hydrogen) atoms. The van der Waals surface area contributed by atoms with E-state index >= 15 is 0 Å². The zero-order valence-electron chi connectivity index (χ0n) is 12.9. The van der Waals surface area contributed by atoms with Crippen molar-refractivity contribution in [3.63, 3.8) is 0 Å². The van der Waals surface area contributed by atoms with Crippen molar-refractivity contribution in [2.24, 2.45) is 0 Å². The smallest absolute Gasteiger partial charge is 0.238 e. The number of halogens is 4. The summed E-state index contributed by atoms with van der Waals surface area (Å²) in [6, 6.07) is 9.34. The molecule has 0 saturated heterocycles. The molecule has 0 saturated carbocycles. The van der Waals surface area contributed by atoms with Crippen LogP contribution in [-0.2, 0) is 4.79 Å². The van der Waals surface area contributed by atoms with Crippen LogP contribution in [-0.4, -0.2) is 12.5 Å². The molecule has 1 atom stereocenters. The van der Waals surface area contributed by atoms with Gasteiger partial charge in [0.15, 0.2) is 17.5 Å². The number of amides is 1. The van der Waals surface area contributed by atoms with E-state index in [2.05, 4.69) is 26.6 Å². The highest BCUT2D eigenvalue weighted by molar-refractivity contribution is 9.10. The molecular formula is C17H16BrF3N2O. The maximum atomic E-state index is 13.5. The van der Waals surface area contributed by atoms with Crippen LogP contribution in [0.3, 0.4) is 0 Å². The normalized spacial score (nSPS) is 12.0. The summed E-state index contributed by atoms with van der Waals surface area (Å²) in [5.74, 6) is -4.87. The maximum absolute atomic E-state index is 13.5. The van der Waals surface area contributed by atoms with Crippen molar-refractivity contribution < 1.29 is 18.0 Å². The molecule has 0 fully saturated rings. The molecule has 0 unspecified atom stereocenters. The lowest BCUT2D eigenvalue weighted by Crippen LogP contribution is -2.31. The van der Waals surface area contributed by atoms with Gasteiger partial charge in [0.1, 0.15) is 0 Å². The molecule has 0 bridgehead atoms. The van der Waals surface area contributed by atoms with E-state index in [1.807, 2.05) is 31.2 Å². The molecule has 1 amide bonds. The summed E-state index contributed by atoms with van der Waals surface area (Å²) in [6.07, 6.45) is 0.744. The third-order valence-corrected chi connectivity index (χ3v) is 4.03. The lowest BCUT2D eigenvalue weighted by molar-refractivity contribution is -0.115. The Labute approximate surface area is 146 Å². The van der Waals surface area contributed by atoms with Gasteiger partial charge in [-0.25, -0.2) is 13.2 Å². The van der Waals surface area contributed by atoms with Crippen LogP contribution in [0.4, 0.5) is 18.9 Å². The summed E-state index contributed by atoms with van der Waals surface area (Å²) in [5, 5.41) is 5.28. The van der Waals surface area contributed by atoms with Crippen LogP contribution in [0.1, 0.15) is 24.9 Å². The van der Waals surface area contributed by atoms with Crippen molar-refractivity contribution in [1.29, 1.82) is 0 Å². The fourth-order valence-electron chi connectivity index (χ4n) is 2.23. The second-order valence-electron chi connectivity index (χ2n) is 5.16. The van der Waals surface area contributed by atoms with Gasteiger partial charge in [-0.2, -0.15) is 0 Å². The Morgan fingerprint density at radius 3 is 2.38 bits per heavy atom. The van der Waals surface area contributed by atoms with Crippen LogP contribution in [0.25, 0.3) is 0 Å². The Bertz CT molecular complexity index is 723. The van der Waals surface area contributed by atoms with Crippen molar-refractivity contribution >= 4 is 27.5 Å². The summed E-state index contributed by atoms with van der Waals surface area (Å²) >= 11 is 3.36. The van der Waals surface area contributed by atoms with E-state index in [9.17, 15) is 18.0 Å². The molecule has 2 N–H and O–H groups in total. The van der Waals surface area contributed by atoms with Crippen LogP contribution >= 0.6 is 15.9 Å². The third kappa shape index (κ3) is 4.58. The first-order valence-corrected chi connectivity index (χ1v) is 8.13. The maximum Gasteiger partial charge on any atom is 0.238 e. The zero-order valence-corrected chi connectivity index (χ0v) is 14.5. The molecule has 0 heterocycles.